The Morgan fingerprint density at radius 2 is 1.79 bits per heavy atom. The summed E-state index contributed by atoms with van der Waals surface area (Å²) in [6, 6.07) is 12.0. The molecule has 1 heterocycles. The molecule has 8 heteroatoms. The van der Waals surface area contributed by atoms with Gasteiger partial charge in [-0.15, -0.1) is 10.2 Å². The molecule has 1 aromatic heterocycles. The van der Waals surface area contributed by atoms with E-state index in [-0.39, 0.29) is 11.7 Å². The predicted octanol–water partition coefficient (Wildman–Crippen LogP) is 4.65. The number of nitrogens with zero attached hydrogens (tertiary/aromatic N) is 3. The Morgan fingerprint density at radius 1 is 1.14 bits per heavy atom. The summed E-state index contributed by atoms with van der Waals surface area (Å²) in [7, 11) is 1.88. The van der Waals surface area contributed by atoms with Gasteiger partial charge < -0.3 is 14.6 Å². The third-order valence-corrected chi connectivity index (χ3v) is 6.05. The first kappa shape index (κ1) is 21.6. The molecule has 0 aliphatic heterocycles. The molecule has 0 fully saturated rings. The standard InChI is InChI=1S/C21H23IN4O2S/c1-13-5-7-17(8-6-13)28-11-18-24-25-21(26(18)4)29-12-19(27)23-20-14(2)9-16(22)10-15(20)3/h5-10H,11-12H2,1-4H3,(H,23,27). The van der Waals surface area contributed by atoms with E-state index in [0.717, 1.165) is 26.1 Å². The summed E-state index contributed by atoms with van der Waals surface area (Å²) in [4.78, 5) is 12.4. The number of carbonyl (C=O) groups excluding carboxylic acids is 1. The fourth-order valence-corrected chi connectivity index (χ4v) is 4.46. The van der Waals surface area contributed by atoms with Gasteiger partial charge in [0.25, 0.3) is 0 Å². The van der Waals surface area contributed by atoms with Gasteiger partial charge in [-0.25, -0.2) is 0 Å². The summed E-state index contributed by atoms with van der Waals surface area (Å²) >= 11 is 3.63. The maximum absolute atomic E-state index is 12.4. The summed E-state index contributed by atoms with van der Waals surface area (Å²) in [5, 5.41) is 12.1. The Bertz CT molecular complexity index is 995. The number of carbonyl (C=O) groups is 1. The molecular formula is C21H23IN4O2S. The first-order valence-corrected chi connectivity index (χ1v) is 11.2. The van der Waals surface area contributed by atoms with E-state index in [1.807, 2.05) is 56.7 Å². The van der Waals surface area contributed by atoms with E-state index in [0.29, 0.717) is 17.6 Å². The summed E-state index contributed by atoms with van der Waals surface area (Å²) in [5.41, 5.74) is 4.17. The predicted molar refractivity (Wildman–Crippen MR) is 125 cm³/mol. The maximum atomic E-state index is 12.4. The van der Waals surface area contributed by atoms with Crippen LogP contribution in [0.25, 0.3) is 0 Å². The Labute approximate surface area is 188 Å². The second-order valence-corrected chi connectivity index (χ2v) is 9.00. The molecule has 1 amide bonds. The number of anilines is 1. The van der Waals surface area contributed by atoms with Crippen molar-refractivity contribution >= 4 is 45.9 Å². The van der Waals surface area contributed by atoms with Gasteiger partial charge in [-0.1, -0.05) is 29.5 Å². The van der Waals surface area contributed by atoms with Crippen LogP contribution in [0.1, 0.15) is 22.5 Å². The van der Waals surface area contributed by atoms with Gasteiger partial charge in [0.05, 0.1) is 5.75 Å². The van der Waals surface area contributed by atoms with Crippen LogP contribution >= 0.6 is 34.4 Å². The molecule has 0 bridgehead atoms. The van der Waals surface area contributed by atoms with Crippen molar-refractivity contribution in [2.75, 3.05) is 11.1 Å². The number of rotatable bonds is 7. The number of halogens is 1. The normalized spacial score (nSPS) is 10.8. The highest BCUT2D eigenvalue weighted by Crippen LogP contribution is 2.24. The molecule has 0 radical (unpaired) electrons. The van der Waals surface area contributed by atoms with E-state index in [1.165, 1.54) is 17.3 Å². The Hall–Kier alpha value is -2.07. The third kappa shape index (κ3) is 5.72. The van der Waals surface area contributed by atoms with Crippen molar-refractivity contribution < 1.29 is 9.53 Å². The quantitative estimate of drug-likeness (QED) is 0.361. The maximum Gasteiger partial charge on any atom is 0.234 e. The number of hydrogen-bond acceptors (Lipinski definition) is 5. The fourth-order valence-electron chi connectivity index (χ4n) is 2.79. The van der Waals surface area contributed by atoms with Crippen molar-refractivity contribution in [2.24, 2.45) is 7.05 Å². The molecule has 0 unspecified atom stereocenters. The van der Waals surface area contributed by atoms with Crippen LogP contribution in [0.3, 0.4) is 0 Å². The van der Waals surface area contributed by atoms with Gasteiger partial charge in [0, 0.05) is 16.3 Å². The molecule has 2 aromatic carbocycles. The lowest BCUT2D eigenvalue weighted by Crippen LogP contribution is -2.16. The third-order valence-electron chi connectivity index (χ3n) is 4.41. The molecule has 0 spiro atoms. The van der Waals surface area contributed by atoms with Crippen molar-refractivity contribution in [2.45, 2.75) is 32.5 Å². The lowest BCUT2D eigenvalue weighted by Gasteiger charge is -2.12. The molecule has 0 saturated heterocycles. The molecule has 6 nitrogen and oxygen atoms in total. The second-order valence-electron chi connectivity index (χ2n) is 6.81. The van der Waals surface area contributed by atoms with E-state index < -0.39 is 0 Å². The molecule has 0 aliphatic rings. The number of benzene rings is 2. The van der Waals surface area contributed by atoms with E-state index in [2.05, 4.69) is 50.2 Å². The molecule has 29 heavy (non-hydrogen) atoms. The van der Waals surface area contributed by atoms with E-state index >= 15 is 0 Å². The van der Waals surface area contributed by atoms with Crippen molar-refractivity contribution in [3.63, 3.8) is 0 Å². The average molecular weight is 522 g/mol. The van der Waals surface area contributed by atoms with Gasteiger partial charge in [-0.2, -0.15) is 0 Å². The Kier molecular flexibility index (Phi) is 7.18. The van der Waals surface area contributed by atoms with Crippen LogP contribution in [0, 0.1) is 24.3 Å². The number of aryl methyl sites for hydroxylation is 3. The second kappa shape index (κ2) is 9.62. The zero-order chi connectivity index (χ0) is 21.0. The lowest BCUT2D eigenvalue weighted by atomic mass is 10.1. The molecular weight excluding hydrogens is 499 g/mol. The molecule has 1 N–H and O–H groups in total. The zero-order valence-electron chi connectivity index (χ0n) is 16.8. The lowest BCUT2D eigenvalue weighted by molar-refractivity contribution is -0.113. The van der Waals surface area contributed by atoms with Crippen LogP contribution in [0.4, 0.5) is 5.69 Å². The van der Waals surface area contributed by atoms with Gasteiger partial charge in [0.15, 0.2) is 11.0 Å². The number of ether oxygens (including phenoxy) is 1. The topological polar surface area (TPSA) is 69.0 Å². The SMILES string of the molecule is Cc1ccc(OCc2nnc(SCC(=O)Nc3c(C)cc(I)cc3C)n2C)cc1. The molecule has 0 saturated carbocycles. The van der Waals surface area contributed by atoms with E-state index in [9.17, 15) is 4.79 Å². The molecule has 0 aliphatic carbocycles. The highest BCUT2D eigenvalue weighted by molar-refractivity contribution is 14.1. The largest absolute Gasteiger partial charge is 0.486 e. The van der Waals surface area contributed by atoms with Crippen LogP contribution in [-0.4, -0.2) is 26.4 Å². The summed E-state index contributed by atoms with van der Waals surface area (Å²) in [6.45, 7) is 6.36. The first-order chi connectivity index (χ1) is 13.8. The van der Waals surface area contributed by atoms with Gasteiger partial charge in [0.2, 0.25) is 5.91 Å². The molecule has 3 rings (SSSR count). The molecule has 0 atom stereocenters. The minimum atomic E-state index is -0.0668. The van der Waals surface area contributed by atoms with Gasteiger partial charge in [-0.05, 0) is 78.8 Å². The summed E-state index contributed by atoms with van der Waals surface area (Å²) < 4.78 is 8.78. The van der Waals surface area contributed by atoms with Gasteiger partial charge >= 0.3 is 0 Å². The van der Waals surface area contributed by atoms with Crippen LogP contribution in [-0.2, 0) is 18.4 Å². The zero-order valence-corrected chi connectivity index (χ0v) is 19.8. The molecule has 152 valence electrons. The first-order valence-electron chi connectivity index (χ1n) is 9.10. The minimum Gasteiger partial charge on any atom is -0.486 e. The molecule has 3 aromatic rings. The average Bonchev–Trinajstić information content (AvgIpc) is 3.02. The highest BCUT2D eigenvalue weighted by atomic mass is 127. The van der Waals surface area contributed by atoms with Crippen molar-refractivity contribution in [3.8, 4) is 5.75 Å². The van der Waals surface area contributed by atoms with Crippen molar-refractivity contribution in [1.82, 2.24) is 14.8 Å². The van der Waals surface area contributed by atoms with Crippen LogP contribution in [0.15, 0.2) is 41.6 Å². The number of nitrogens with one attached hydrogen (secondary N) is 1. The summed E-state index contributed by atoms with van der Waals surface area (Å²) in [5.74, 6) is 1.69. The van der Waals surface area contributed by atoms with E-state index in [4.69, 9.17) is 4.74 Å². The Morgan fingerprint density at radius 3 is 2.45 bits per heavy atom. The minimum absolute atomic E-state index is 0.0668. The fraction of sp³-hybridized carbons (Fsp3) is 0.286. The monoisotopic (exact) mass is 522 g/mol. The van der Waals surface area contributed by atoms with Crippen molar-refractivity contribution in [3.05, 3.63) is 62.5 Å². The smallest absolute Gasteiger partial charge is 0.234 e. The van der Waals surface area contributed by atoms with E-state index in [1.54, 1.807) is 0 Å². The van der Waals surface area contributed by atoms with Gasteiger partial charge in [0.1, 0.15) is 12.4 Å². The Balaban J connectivity index is 1.56. The number of hydrogen-bond donors (Lipinski definition) is 1. The van der Waals surface area contributed by atoms with Gasteiger partial charge in [-0.3, -0.25) is 4.79 Å². The highest BCUT2D eigenvalue weighted by Gasteiger charge is 2.14. The summed E-state index contributed by atoms with van der Waals surface area (Å²) in [6.07, 6.45) is 0. The van der Waals surface area contributed by atoms with Crippen LogP contribution < -0.4 is 10.1 Å². The van der Waals surface area contributed by atoms with Crippen LogP contribution in [0.2, 0.25) is 0 Å². The number of amides is 1. The number of aromatic nitrogens is 3. The van der Waals surface area contributed by atoms with Crippen molar-refractivity contribution in [1.29, 1.82) is 0 Å². The van der Waals surface area contributed by atoms with Crippen LogP contribution in [0.5, 0.6) is 5.75 Å². The number of thioether (sulfide) groups is 1.